The van der Waals surface area contributed by atoms with E-state index in [0.29, 0.717) is 17.5 Å². The van der Waals surface area contributed by atoms with Gasteiger partial charge in [-0.1, -0.05) is 36.4 Å². The van der Waals surface area contributed by atoms with Crippen molar-refractivity contribution in [3.8, 4) is 17.2 Å². The van der Waals surface area contributed by atoms with Gasteiger partial charge >= 0.3 is 0 Å². The number of nitrogens with zero attached hydrogens (tertiary/aromatic N) is 1. The molecule has 35 heavy (non-hydrogen) atoms. The fourth-order valence-electron chi connectivity index (χ4n) is 4.76. The van der Waals surface area contributed by atoms with Gasteiger partial charge in [-0.05, 0) is 53.9 Å². The van der Waals surface area contributed by atoms with Gasteiger partial charge in [0.1, 0.15) is 17.6 Å². The van der Waals surface area contributed by atoms with Crippen LogP contribution in [0.25, 0.3) is 5.76 Å². The number of ether oxygens (including phenoxy) is 2. The number of phenolic OH excluding ortho intramolecular Hbond substituents is 1. The van der Waals surface area contributed by atoms with Gasteiger partial charge in [0, 0.05) is 18.5 Å². The number of carbonyl (C=O) groups excluding carboxylic acids is 2. The molecule has 178 valence electrons. The number of Topliss-reactive ketones (excluding diaryl/α,β-unsaturated/α-hetero) is 1. The van der Waals surface area contributed by atoms with Crippen molar-refractivity contribution in [3.05, 3.63) is 94.6 Å². The third-order valence-electron chi connectivity index (χ3n) is 6.42. The summed E-state index contributed by atoms with van der Waals surface area (Å²) in [4.78, 5) is 28.0. The zero-order valence-corrected chi connectivity index (χ0v) is 19.4. The van der Waals surface area contributed by atoms with E-state index in [0.717, 1.165) is 16.9 Å². The van der Waals surface area contributed by atoms with Gasteiger partial charge in [-0.25, -0.2) is 0 Å². The Morgan fingerprint density at radius 3 is 2.60 bits per heavy atom. The number of fused-ring (bicyclic) bond motifs is 1. The minimum atomic E-state index is -0.867. The average Bonchev–Trinajstić information content (AvgIpc) is 3.35. The van der Waals surface area contributed by atoms with Crippen molar-refractivity contribution < 1.29 is 29.3 Å². The maximum absolute atomic E-state index is 13.3. The summed E-state index contributed by atoms with van der Waals surface area (Å²) in [6, 6.07) is 18.4. The second-order valence-corrected chi connectivity index (χ2v) is 8.80. The Labute approximate surface area is 202 Å². The van der Waals surface area contributed by atoms with E-state index < -0.39 is 17.7 Å². The molecule has 0 aliphatic carbocycles. The Morgan fingerprint density at radius 1 is 1.09 bits per heavy atom. The number of aliphatic hydroxyl groups excluding tert-OH is 1. The summed E-state index contributed by atoms with van der Waals surface area (Å²) in [7, 11) is 1.42. The summed E-state index contributed by atoms with van der Waals surface area (Å²) >= 11 is 0. The molecule has 0 bridgehead atoms. The molecule has 0 spiro atoms. The Hall–Kier alpha value is -4.26. The lowest BCUT2D eigenvalue weighted by molar-refractivity contribution is -0.140. The van der Waals surface area contributed by atoms with Crippen LogP contribution in [0.4, 0.5) is 0 Å². The van der Waals surface area contributed by atoms with Gasteiger partial charge in [-0.15, -0.1) is 0 Å². The van der Waals surface area contributed by atoms with Gasteiger partial charge in [0.25, 0.3) is 11.7 Å². The number of aliphatic hydroxyl groups is 1. The molecule has 1 fully saturated rings. The molecule has 5 rings (SSSR count). The van der Waals surface area contributed by atoms with Crippen LogP contribution < -0.4 is 9.47 Å². The van der Waals surface area contributed by atoms with Gasteiger partial charge in [-0.3, -0.25) is 9.59 Å². The van der Waals surface area contributed by atoms with Crippen molar-refractivity contribution in [2.45, 2.75) is 32.0 Å². The van der Waals surface area contributed by atoms with Crippen molar-refractivity contribution >= 4 is 17.4 Å². The molecule has 1 amide bonds. The van der Waals surface area contributed by atoms with Crippen LogP contribution in [0.15, 0.2) is 72.3 Å². The number of rotatable bonds is 5. The summed E-state index contributed by atoms with van der Waals surface area (Å²) in [5, 5.41) is 21.5. The Kier molecular flexibility index (Phi) is 5.68. The van der Waals surface area contributed by atoms with E-state index in [-0.39, 0.29) is 35.5 Å². The molecule has 2 unspecified atom stereocenters. The zero-order valence-electron chi connectivity index (χ0n) is 19.4. The Balaban J connectivity index is 1.65. The van der Waals surface area contributed by atoms with Gasteiger partial charge in [0.15, 0.2) is 11.5 Å². The van der Waals surface area contributed by atoms with Crippen LogP contribution in [0, 0.1) is 0 Å². The molecule has 7 nitrogen and oxygen atoms in total. The molecule has 2 aliphatic heterocycles. The van der Waals surface area contributed by atoms with E-state index in [9.17, 15) is 19.8 Å². The molecule has 2 N–H and O–H groups in total. The largest absolute Gasteiger partial charge is 0.507 e. The molecule has 0 saturated carbocycles. The van der Waals surface area contributed by atoms with Crippen LogP contribution >= 0.6 is 0 Å². The highest BCUT2D eigenvalue weighted by atomic mass is 16.5. The monoisotopic (exact) mass is 471 g/mol. The number of amides is 1. The van der Waals surface area contributed by atoms with Gasteiger partial charge in [0.2, 0.25) is 0 Å². The number of phenols is 1. The third kappa shape index (κ3) is 3.99. The normalized spacial score (nSPS) is 20.6. The number of hydrogen-bond donors (Lipinski definition) is 2. The molecule has 0 aromatic heterocycles. The lowest BCUT2D eigenvalue weighted by Crippen LogP contribution is -2.29. The number of benzene rings is 3. The summed E-state index contributed by atoms with van der Waals surface area (Å²) in [6.07, 6.45) is 0.723. The Morgan fingerprint density at radius 2 is 1.86 bits per heavy atom. The highest BCUT2D eigenvalue weighted by Crippen LogP contribution is 2.43. The molecular weight excluding hydrogens is 446 g/mol. The molecular formula is C28H25NO6. The highest BCUT2D eigenvalue weighted by molar-refractivity contribution is 6.46. The van der Waals surface area contributed by atoms with Crippen molar-refractivity contribution in [1.29, 1.82) is 0 Å². The lowest BCUT2D eigenvalue weighted by atomic mass is 9.94. The number of ketones is 1. The smallest absolute Gasteiger partial charge is 0.295 e. The summed E-state index contributed by atoms with van der Waals surface area (Å²) < 4.78 is 11.0. The van der Waals surface area contributed by atoms with E-state index in [4.69, 9.17) is 9.47 Å². The maximum Gasteiger partial charge on any atom is 0.295 e. The SMILES string of the molecule is COc1cc(C2/C(=C(/O)c3ccc4c(c3)CC(C)O4)C(=O)C(=O)N2Cc2ccccc2)ccc1O. The van der Waals surface area contributed by atoms with E-state index in [2.05, 4.69) is 0 Å². The number of hydrogen-bond acceptors (Lipinski definition) is 6. The van der Waals surface area contributed by atoms with Crippen LogP contribution in [0.5, 0.6) is 17.2 Å². The first kappa shape index (κ1) is 22.5. The number of likely N-dealkylation sites (tertiary alicyclic amines) is 1. The molecule has 0 radical (unpaired) electrons. The fourth-order valence-corrected chi connectivity index (χ4v) is 4.76. The van der Waals surface area contributed by atoms with E-state index >= 15 is 0 Å². The van der Waals surface area contributed by atoms with Crippen LogP contribution in [0.1, 0.15) is 35.2 Å². The third-order valence-corrected chi connectivity index (χ3v) is 6.42. The fraction of sp³-hybridized carbons (Fsp3) is 0.214. The number of carbonyl (C=O) groups is 2. The predicted molar refractivity (Wildman–Crippen MR) is 129 cm³/mol. The van der Waals surface area contributed by atoms with Crippen molar-refractivity contribution in [2.24, 2.45) is 0 Å². The molecule has 1 saturated heterocycles. The number of aromatic hydroxyl groups is 1. The van der Waals surface area contributed by atoms with Gasteiger partial charge in [0.05, 0.1) is 18.7 Å². The minimum Gasteiger partial charge on any atom is -0.507 e. The first-order valence-electron chi connectivity index (χ1n) is 11.4. The first-order valence-corrected chi connectivity index (χ1v) is 11.4. The standard InChI is InChI=1S/C28H25NO6/c1-16-12-20-13-19(9-11-22(20)35-16)26(31)24-25(18-8-10-21(30)23(14-18)34-2)29(28(33)27(24)32)15-17-6-4-3-5-7-17/h3-11,13-14,16,25,30-31H,12,15H2,1-2H3/b26-24-. The molecule has 3 aromatic rings. The quantitative estimate of drug-likeness (QED) is 0.326. The predicted octanol–water partition coefficient (Wildman–Crippen LogP) is 4.35. The van der Waals surface area contributed by atoms with Crippen LogP contribution in [0.3, 0.4) is 0 Å². The second kappa shape index (κ2) is 8.83. The number of methoxy groups -OCH3 is 1. The molecule has 2 atom stereocenters. The van der Waals surface area contributed by atoms with E-state index in [1.54, 1.807) is 30.3 Å². The van der Waals surface area contributed by atoms with Crippen LogP contribution in [-0.2, 0) is 22.6 Å². The summed E-state index contributed by atoms with van der Waals surface area (Å²) in [5.41, 5.74) is 2.74. The molecule has 7 heteroatoms. The van der Waals surface area contributed by atoms with E-state index in [1.165, 1.54) is 18.1 Å². The van der Waals surface area contributed by atoms with Gasteiger partial charge in [-0.2, -0.15) is 0 Å². The zero-order chi connectivity index (χ0) is 24.7. The summed E-state index contributed by atoms with van der Waals surface area (Å²) in [5.74, 6) is -0.830. The molecule has 2 aliphatic rings. The van der Waals surface area contributed by atoms with Crippen LogP contribution in [0.2, 0.25) is 0 Å². The molecule has 3 aromatic carbocycles. The average molecular weight is 472 g/mol. The topological polar surface area (TPSA) is 96.3 Å². The van der Waals surface area contributed by atoms with Crippen molar-refractivity contribution in [1.82, 2.24) is 4.90 Å². The lowest BCUT2D eigenvalue weighted by Gasteiger charge is -2.26. The molecule has 2 heterocycles. The van der Waals surface area contributed by atoms with E-state index in [1.807, 2.05) is 37.3 Å². The maximum atomic E-state index is 13.3. The summed E-state index contributed by atoms with van der Waals surface area (Å²) in [6.45, 7) is 2.14. The first-order chi connectivity index (χ1) is 16.9. The van der Waals surface area contributed by atoms with Crippen LogP contribution in [-0.4, -0.2) is 40.0 Å². The highest BCUT2D eigenvalue weighted by Gasteiger charge is 2.46. The second-order valence-electron chi connectivity index (χ2n) is 8.80. The Bertz CT molecular complexity index is 1350. The van der Waals surface area contributed by atoms with Crippen molar-refractivity contribution in [2.75, 3.05) is 7.11 Å². The van der Waals surface area contributed by atoms with Gasteiger partial charge < -0.3 is 24.6 Å². The minimum absolute atomic E-state index is 0.00872. The van der Waals surface area contributed by atoms with Crippen molar-refractivity contribution in [3.63, 3.8) is 0 Å².